The van der Waals surface area contributed by atoms with E-state index >= 15 is 0 Å². The zero-order chi connectivity index (χ0) is 14.6. The van der Waals surface area contributed by atoms with Crippen LogP contribution in [-0.2, 0) is 28.8 Å². The molecular formula is C12H16O7S. The molecule has 0 aliphatic carbocycles. The molecule has 1 unspecified atom stereocenters. The third-order valence-corrected chi connectivity index (χ3v) is 3.26. The van der Waals surface area contributed by atoms with Gasteiger partial charge in [-0.3, -0.25) is 4.55 Å². The van der Waals surface area contributed by atoms with E-state index in [1.165, 1.54) is 7.11 Å². The Morgan fingerprint density at radius 2 is 2.05 bits per heavy atom. The predicted molar refractivity (Wildman–Crippen MR) is 68.3 cm³/mol. The van der Waals surface area contributed by atoms with E-state index in [4.69, 9.17) is 18.8 Å². The summed E-state index contributed by atoms with van der Waals surface area (Å²) in [6.45, 7) is 0.0836. The second-order valence-electron chi connectivity index (χ2n) is 4.27. The summed E-state index contributed by atoms with van der Waals surface area (Å²) in [6, 6.07) is 9.21. The smallest absolute Gasteiger partial charge is 0.382 e. The van der Waals surface area contributed by atoms with Crippen LogP contribution >= 0.6 is 0 Å². The first-order chi connectivity index (χ1) is 9.49. The second-order valence-corrected chi connectivity index (χ2v) is 5.32. The fraction of sp³-hybridized carbons (Fsp3) is 0.500. The SMILES string of the molecule is COC[C@@H]1OC(c2ccccc2)OC[C@H]1OS(=O)(=O)O. The quantitative estimate of drug-likeness (QED) is 0.809. The Kier molecular flexibility index (Phi) is 5.08. The molecule has 1 aromatic rings. The second kappa shape index (κ2) is 6.61. The summed E-state index contributed by atoms with van der Waals surface area (Å²) in [4.78, 5) is 0. The minimum Gasteiger partial charge on any atom is -0.382 e. The minimum atomic E-state index is -4.57. The standard InChI is InChI=1S/C12H16O7S/c1-16-7-10-11(19-20(13,14)15)8-17-12(18-10)9-5-3-2-4-6-9/h2-6,10-12H,7-8H2,1H3,(H,13,14,15)/t10-,11+,12?/m0/s1. The van der Waals surface area contributed by atoms with Crippen LogP contribution in [0.4, 0.5) is 0 Å². The van der Waals surface area contributed by atoms with Crippen LogP contribution in [0, 0.1) is 0 Å². The van der Waals surface area contributed by atoms with Crippen LogP contribution < -0.4 is 0 Å². The van der Waals surface area contributed by atoms with Gasteiger partial charge in [-0.25, -0.2) is 4.18 Å². The van der Waals surface area contributed by atoms with Crippen LogP contribution in [0.5, 0.6) is 0 Å². The van der Waals surface area contributed by atoms with Crippen molar-refractivity contribution >= 4 is 10.4 Å². The molecule has 20 heavy (non-hydrogen) atoms. The lowest BCUT2D eigenvalue weighted by Gasteiger charge is -2.35. The van der Waals surface area contributed by atoms with Gasteiger partial charge in [0.25, 0.3) is 0 Å². The van der Waals surface area contributed by atoms with Gasteiger partial charge in [0.05, 0.1) is 13.2 Å². The van der Waals surface area contributed by atoms with E-state index in [2.05, 4.69) is 4.18 Å². The van der Waals surface area contributed by atoms with Gasteiger partial charge in [0.1, 0.15) is 12.2 Å². The Hall–Kier alpha value is -1.03. The Labute approximate surface area is 117 Å². The van der Waals surface area contributed by atoms with Crippen molar-refractivity contribution in [1.29, 1.82) is 0 Å². The van der Waals surface area contributed by atoms with Crippen molar-refractivity contribution in [2.24, 2.45) is 0 Å². The largest absolute Gasteiger partial charge is 0.397 e. The Morgan fingerprint density at radius 1 is 1.35 bits per heavy atom. The maximum atomic E-state index is 10.8. The summed E-state index contributed by atoms with van der Waals surface area (Å²) in [6.07, 6.45) is -2.25. The van der Waals surface area contributed by atoms with Crippen molar-refractivity contribution in [3.05, 3.63) is 35.9 Å². The van der Waals surface area contributed by atoms with Crippen LogP contribution in [0.1, 0.15) is 11.9 Å². The van der Waals surface area contributed by atoms with Crippen LogP contribution in [-0.4, -0.2) is 45.5 Å². The van der Waals surface area contributed by atoms with Crippen molar-refractivity contribution in [3.63, 3.8) is 0 Å². The molecule has 2 rings (SSSR count). The average molecular weight is 304 g/mol. The number of rotatable bonds is 5. The van der Waals surface area contributed by atoms with Crippen LogP contribution in [0.3, 0.4) is 0 Å². The fourth-order valence-corrected chi connectivity index (χ4v) is 2.41. The highest BCUT2D eigenvalue weighted by Crippen LogP contribution is 2.28. The zero-order valence-electron chi connectivity index (χ0n) is 10.8. The molecule has 1 saturated heterocycles. The van der Waals surface area contributed by atoms with Crippen LogP contribution in [0.15, 0.2) is 30.3 Å². The van der Waals surface area contributed by atoms with Crippen molar-refractivity contribution in [2.45, 2.75) is 18.5 Å². The fourth-order valence-electron chi connectivity index (χ4n) is 1.92. The third kappa shape index (κ3) is 4.23. The van der Waals surface area contributed by atoms with Crippen LogP contribution in [0.25, 0.3) is 0 Å². The molecule has 3 atom stereocenters. The van der Waals surface area contributed by atoms with Gasteiger partial charge in [-0.1, -0.05) is 30.3 Å². The molecule has 0 amide bonds. The molecule has 8 heteroatoms. The van der Waals surface area contributed by atoms with E-state index in [9.17, 15) is 8.42 Å². The first-order valence-electron chi connectivity index (χ1n) is 5.96. The molecule has 1 heterocycles. The number of benzene rings is 1. The molecule has 1 aliphatic rings. The minimum absolute atomic E-state index is 0.0343. The molecule has 112 valence electrons. The molecule has 0 radical (unpaired) electrons. The number of methoxy groups -OCH3 is 1. The van der Waals surface area contributed by atoms with Gasteiger partial charge in [0.15, 0.2) is 6.29 Å². The lowest BCUT2D eigenvalue weighted by atomic mass is 10.1. The maximum Gasteiger partial charge on any atom is 0.397 e. The topological polar surface area (TPSA) is 91.3 Å². The van der Waals surface area contributed by atoms with Gasteiger partial charge in [-0.05, 0) is 0 Å². The molecule has 1 aliphatic heterocycles. The molecule has 0 aromatic heterocycles. The van der Waals surface area contributed by atoms with E-state index in [0.717, 1.165) is 5.56 Å². The van der Waals surface area contributed by atoms with Crippen molar-refractivity contribution < 1.29 is 31.4 Å². The van der Waals surface area contributed by atoms with Gasteiger partial charge < -0.3 is 14.2 Å². The Morgan fingerprint density at radius 3 is 2.65 bits per heavy atom. The van der Waals surface area contributed by atoms with Crippen molar-refractivity contribution in [2.75, 3.05) is 20.3 Å². The summed E-state index contributed by atoms with van der Waals surface area (Å²) in [5, 5.41) is 0. The number of hydrogen-bond acceptors (Lipinski definition) is 6. The van der Waals surface area contributed by atoms with Gasteiger partial charge in [0, 0.05) is 12.7 Å². The molecular weight excluding hydrogens is 288 g/mol. The molecule has 1 fully saturated rings. The molecule has 1 aromatic carbocycles. The highest BCUT2D eigenvalue weighted by Gasteiger charge is 2.36. The monoisotopic (exact) mass is 304 g/mol. The van der Waals surface area contributed by atoms with E-state index < -0.39 is 28.9 Å². The van der Waals surface area contributed by atoms with E-state index in [-0.39, 0.29) is 13.2 Å². The summed E-state index contributed by atoms with van der Waals surface area (Å²) in [5.41, 5.74) is 0.805. The molecule has 7 nitrogen and oxygen atoms in total. The predicted octanol–water partition coefficient (Wildman–Crippen LogP) is 0.935. The lowest BCUT2D eigenvalue weighted by Crippen LogP contribution is -2.45. The summed E-state index contributed by atoms with van der Waals surface area (Å²) < 4.78 is 50.8. The zero-order valence-corrected chi connectivity index (χ0v) is 11.7. The third-order valence-electron chi connectivity index (χ3n) is 2.77. The molecule has 0 bridgehead atoms. The average Bonchev–Trinajstić information content (AvgIpc) is 2.40. The maximum absolute atomic E-state index is 10.8. The van der Waals surface area contributed by atoms with E-state index in [0.29, 0.717) is 0 Å². The summed E-state index contributed by atoms with van der Waals surface area (Å²) in [7, 11) is -3.11. The van der Waals surface area contributed by atoms with Crippen molar-refractivity contribution in [1.82, 2.24) is 0 Å². The summed E-state index contributed by atoms with van der Waals surface area (Å²) >= 11 is 0. The van der Waals surface area contributed by atoms with Crippen molar-refractivity contribution in [3.8, 4) is 0 Å². The van der Waals surface area contributed by atoms with Gasteiger partial charge >= 0.3 is 10.4 Å². The van der Waals surface area contributed by atoms with E-state index in [1.807, 2.05) is 30.3 Å². The highest BCUT2D eigenvalue weighted by atomic mass is 32.3. The number of hydrogen-bond donors (Lipinski definition) is 1. The highest BCUT2D eigenvalue weighted by molar-refractivity contribution is 7.80. The van der Waals surface area contributed by atoms with Crippen LogP contribution in [0.2, 0.25) is 0 Å². The van der Waals surface area contributed by atoms with Gasteiger partial charge in [-0.2, -0.15) is 8.42 Å². The summed E-state index contributed by atoms with van der Waals surface area (Å²) in [5.74, 6) is 0. The first kappa shape index (κ1) is 15.4. The van der Waals surface area contributed by atoms with E-state index in [1.54, 1.807) is 0 Å². The lowest BCUT2D eigenvalue weighted by molar-refractivity contribution is -0.259. The first-order valence-corrected chi connectivity index (χ1v) is 7.33. The van der Waals surface area contributed by atoms with Gasteiger partial charge in [-0.15, -0.1) is 0 Å². The molecule has 0 saturated carbocycles. The molecule has 0 spiro atoms. The van der Waals surface area contributed by atoms with Gasteiger partial charge in [0.2, 0.25) is 0 Å². The Bertz CT molecular complexity index is 516. The number of ether oxygens (including phenoxy) is 3. The normalized spacial score (nSPS) is 27.4. The Balaban J connectivity index is 2.07. The molecule has 1 N–H and O–H groups in total.